The summed E-state index contributed by atoms with van der Waals surface area (Å²) in [5.74, 6) is -0.313. The fraction of sp³-hybridized carbons (Fsp3) is 0.619. The average molecular weight is 389 g/mol. The largest absolute Gasteiger partial charge is 0.465 e. The zero-order valence-electron chi connectivity index (χ0n) is 17.6. The van der Waals surface area contributed by atoms with Crippen molar-refractivity contribution in [2.75, 3.05) is 39.7 Å². The highest BCUT2D eigenvalue weighted by Gasteiger charge is 2.26. The summed E-state index contributed by atoms with van der Waals surface area (Å²) in [5.41, 5.74) is 3.45. The van der Waals surface area contributed by atoms with Crippen LogP contribution >= 0.6 is 0 Å². The molecule has 154 valence electrons. The molecule has 1 heterocycles. The van der Waals surface area contributed by atoms with Gasteiger partial charge in [0.2, 0.25) is 0 Å². The van der Waals surface area contributed by atoms with Crippen molar-refractivity contribution in [1.29, 1.82) is 0 Å². The first kappa shape index (κ1) is 20.6. The van der Waals surface area contributed by atoms with Gasteiger partial charge in [-0.25, -0.2) is 4.79 Å². The Morgan fingerprint density at radius 3 is 2.68 bits per heavy atom. The number of hydrogen-bond donors (Lipinski definition) is 1. The highest BCUT2D eigenvalue weighted by molar-refractivity contribution is 6.02. The number of methoxy groups -OCH3 is 2. The molecule has 0 spiro atoms. The molecule has 1 aromatic carbocycles. The molecule has 0 amide bonds. The predicted octanol–water partition coefficient (Wildman–Crippen LogP) is 2.97. The molecular formula is C21H32N4O3. The van der Waals surface area contributed by atoms with Crippen LogP contribution in [-0.2, 0) is 16.5 Å². The molecule has 3 rings (SSSR count). The van der Waals surface area contributed by atoms with Gasteiger partial charge in [0.15, 0.2) is 0 Å². The number of nitrogens with one attached hydrogen (secondary N) is 1. The highest BCUT2D eigenvalue weighted by atomic mass is 16.5. The number of anilines is 1. The third-order valence-corrected chi connectivity index (χ3v) is 6.04. The lowest BCUT2D eigenvalue weighted by Gasteiger charge is -2.35. The topological polar surface area (TPSA) is 68.6 Å². The van der Waals surface area contributed by atoms with Crippen molar-refractivity contribution in [3.8, 4) is 0 Å². The molecule has 0 radical (unpaired) electrons. The molecule has 1 aromatic heterocycles. The number of nitrogens with zero attached hydrogens (tertiary/aromatic N) is 3. The van der Waals surface area contributed by atoms with E-state index < -0.39 is 0 Å². The van der Waals surface area contributed by atoms with Crippen LogP contribution in [-0.4, -0.2) is 67.2 Å². The van der Waals surface area contributed by atoms with E-state index in [2.05, 4.69) is 22.4 Å². The van der Waals surface area contributed by atoms with Crippen molar-refractivity contribution < 1.29 is 14.3 Å². The molecule has 0 unspecified atom stereocenters. The minimum atomic E-state index is -0.313. The number of rotatable bonds is 7. The van der Waals surface area contributed by atoms with Crippen LogP contribution in [0.15, 0.2) is 12.3 Å². The van der Waals surface area contributed by atoms with Crippen LogP contribution in [0.2, 0.25) is 0 Å². The van der Waals surface area contributed by atoms with Gasteiger partial charge < -0.3 is 19.7 Å². The van der Waals surface area contributed by atoms with Crippen LogP contribution in [0.3, 0.4) is 0 Å². The van der Waals surface area contributed by atoms with Crippen molar-refractivity contribution in [3.63, 3.8) is 0 Å². The summed E-state index contributed by atoms with van der Waals surface area (Å²) < 4.78 is 12.0. The second-order valence-corrected chi connectivity index (χ2v) is 7.74. The van der Waals surface area contributed by atoms with Crippen molar-refractivity contribution in [2.24, 2.45) is 7.05 Å². The van der Waals surface area contributed by atoms with E-state index in [1.165, 1.54) is 7.11 Å². The average Bonchev–Trinajstić information content (AvgIpc) is 3.08. The summed E-state index contributed by atoms with van der Waals surface area (Å²) in [5, 5.41) is 9.16. The quantitative estimate of drug-likeness (QED) is 0.736. The molecule has 0 aliphatic heterocycles. The summed E-state index contributed by atoms with van der Waals surface area (Å²) in [6.07, 6.45) is 6.39. The molecule has 1 N–H and O–H groups in total. The predicted molar refractivity (Wildman–Crippen MR) is 111 cm³/mol. The maximum atomic E-state index is 12.3. The standard InChI is InChI=1S/C21H32N4O3/c1-14-17(21(26)28-5)12-19-18(13-22-25(19)3)20(14)23-15-6-8-16(9-7-15)24(2)10-11-27-4/h12-13,15-16,23H,6-11H2,1-5H3. The van der Waals surface area contributed by atoms with Crippen LogP contribution in [0.25, 0.3) is 10.9 Å². The zero-order chi connectivity index (χ0) is 20.3. The Kier molecular flexibility index (Phi) is 6.57. The van der Waals surface area contributed by atoms with Gasteiger partial charge in [-0.1, -0.05) is 0 Å². The zero-order valence-corrected chi connectivity index (χ0v) is 17.6. The van der Waals surface area contributed by atoms with E-state index in [4.69, 9.17) is 9.47 Å². The third-order valence-electron chi connectivity index (χ3n) is 6.04. The number of likely N-dealkylation sites (N-methyl/N-ethyl adjacent to an activating group) is 1. The first-order chi connectivity index (χ1) is 13.5. The lowest BCUT2D eigenvalue weighted by atomic mass is 9.89. The van der Waals surface area contributed by atoms with Crippen molar-refractivity contribution >= 4 is 22.6 Å². The number of aryl methyl sites for hydroxylation is 1. The van der Waals surface area contributed by atoms with Gasteiger partial charge in [0.25, 0.3) is 0 Å². The minimum Gasteiger partial charge on any atom is -0.465 e. The molecule has 1 aliphatic rings. The van der Waals surface area contributed by atoms with Gasteiger partial charge in [0, 0.05) is 43.9 Å². The number of aromatic nitrogens is 2. The molecule has 1 aliphatic carbocycles. The number of carbonyl (C=O) groups excluding carboxylic acids is 1. The summed E-state index contributed by atoms with van der Waals surface area (Å²) in [6.45, 7) is 3.72. The van der Waals surface area contributed by atoms with Crippen LogP contribution in [0.1, 0.15) is 41.6 Å². The van der Waals surface area contributed by atoms with E-state index in [1.54, 1.807) is 11.8 Å². The molecule has 0 saturated heterocycles. The number of hydrogen-bond acceptors (Lipinski definition) is 6. The fourth-order valence-electron chi connectivity index (χ4n) is 4.18. The number of ether oxygens (including phenoxy) is 2. The first-order valence-corrected chi connectivity index (χ1v) is 9.95. The molecular weight excluding hydrogens is 356 g/mol. The summed E-state index contributed by atoms with van der Waals surface area (Å²) in [7, 11) is 7.24. The van der Waals surface area contributed by atoms with Gasteiger partial charge >= 0.3 is 5.97 Å². The van der Waals surface area contributed by atoms with Gasteiger partial charge in [-0.3, -0.25) is 4.68 Å². The van der Waals surface area contributed by atoms with E-state index in [0.29, 0.717) is 17.6 Å². The molecule has 1 fully saturated rings. The van der Waals surface area contributed by atoms with Crippen molar-refractivity contribution in [1.82, 2.24) is 14.7 Å². The second-order valence-electron chi connectivity index (χ2n) is 7.74. The van der Waals surface area contributed by atoms with Crippen LogP contribution in [0, 0.1) is 6.92 Å². The Balaban J connectivity index is 1.78. The lowest BCUT2D eigenvalue weighted by molar-refractivity contribution is 0.0600. The fourth-order valence-corrected chi connectivity index (χ4v) is 4.18. The lowest BCUT2D eigenvalue weighted by Crippen LogP contribution is -2.39. The minimum absolute atomic E-state index is 0.313. The molecule has 1 saturated carbocycles. The van der Waals surface area contributed by atoms with E-state index in [0.717, 1.165) is 61.0 Å². The maximum absolute atomic E-state index is 12.3. The Morgan fingerprint density at radius 2 is 2.04 bits per heavy atom. The maximum Gasteiger partial charge on any atom is 0.338 e. The third kappa shape index (κ3) is 4.15. The van der Waals surface area contributed by atoms with E-state index in [9.17, 15) is 4.79 Å². The monoisotopic (exact) mass is 388 g/mol. The normalized spacial score (nSPS) is 19.9. The molecule has 28 heavy (non-hydrogen) atoms. The molecule has 0 atom stereocenters. The van der Waals surface area contributed by atoms with Gasteiger partial charge in [-0.2, -0.15) is 5.10 Å². The van der Waals surface area contributed by atoms with Gasteiger partial charge in [0.05, 0.1) is 31.0 Å². The summed E-state index contributed by atoms with van der Waals surface area (Å²) >= 11 is 0. The van der Waals surface area contributed by atoms with E-state index in [-0.39, 0.29) is 5.97 Å². The number of esters is 1. The van der Waals surface area contributed by atoms with E-state index >= 15 is 0 Å². The first-order valence-electron chi connectivity index (χ1n) is 9.95. The molecule has 2 aromatic rings. The van der Waals surface area contributed by atoms with Crippen LogP contribution in [0.4, 0.5) is 5.69 Å². The van der Waals surface area contributed by atoms with E-state index in [1.807, 2.05) is 26.2 Å². The summed E-state index contributed by atoms with van der Waals surface area (Å²) in [6, 6.07) is 2.87. The smallest absolute Gasteiger partial charge is 0.338 e. The van der Waals surface area contributed by atoms with Crippen molar-refractivity contribution in [2.45, 2.75) is 44.7 Å². The molecule has 7 nitrogen and oxygen atoms in total. The Bertz CT molecular complexity index is 825. The number of fused-ring (bicyclic) bond motifs is 1. The Hall–Kier alpha value is -2.12. The van der Waals surface area contributed by atoms with Crippen molar-refractivity contribution in [3.05, 3.63) is 23.4 Å². The van der Waals surface area contributed by atoms with Crippen LogP contribution < -0.4 is 5.32 Å². The van der Waals surface area contributed by atoms with Crippen LogP contribution in [0.5, 0.6) is 0 Å². The van der Waals surface area contributed by atoms with Gasteiger partial charge in [-0.05, 0) is 51.3 Å². The Morgan fingerprint density at radius 1 is 1.32 bits per heavy atom. The van der Waals surface area contributed by atoms with Gasteiger partial charge in [-0.15, -0.1) is 0 Å². The molecule has 0 bridgehead atoms. The van der Waals surface area contributed by atoms with Gasteiger partial charge in [0.1, 0.15) is 0 Å². The molecule has 7 heteroatoms. The SMILES string of the molecule is COCCN(C)C1CCC(Nc2c(C)c(C(=O)OC)cc3c2cnn3C)CC1. The summed E-state index contributed by atoms with van der Waals surface area (Å²) in [4.78, 5) is 14.7. The Labute approximate surface area is 167 Å². The highest BCUT2D eigenvalue weighted by Crippen LogP contribution is 2.33. The number of carbonyl (C=O) groups is 1. The second kappa shape index (κ2) is 8.92. The number of benzene rings is 1.